The Kier molecular flexibility index (Phi) is 3.81. The minimum atomic E-state index is -0.0310. The lowest BCUT2D eigenvalue weighted by atomic mass is 10.1. The Morgan fingerprint density at radius 3 is 3.05 bits per heavy atom. The summed E-state index contributed by atoms with van der Waals surface area (Å²) >= 11 is 0. The Balaban J connectivity index is 1.66. The first-order valence-corrected chi connectivity index (χ1v) is 6.92. The number of carbonyl (C=O) groups excluding carboxylic acids is 1. The number of pyridine rings is 1. The Bertz CT molecular complexity index is 597. The third kappa shape index (κ3) is 2.86. The summed E-state index contributed by atoms with van der Waals surface area (Å²) in [5.74, 6) is 1.30. The number of carbonyl (C=O) groups is 1. The molecule has 0 aromatic carbocycles. The molecule has 0 saturated carbocycles. The van der Waals surface area contributed by atoms with Crippen molar-refractivity contribution in [3.8, 4) is 5.88 Å². The summed E-state index contributed by atoms with van der Waals surface area (Å²) < 4.78 is 10.0. The number of hydrogen-bond acceptors (Lipinski definition) is 6. The van der Waals surface area contributed by atoms with Gasteiger partial charge < -0.3 is 14.2 Å². The van der Waals surface area contributed by atoms with E-state index in [1.54, 1.807) is 23.2 Å². The number of amides is 1. The number of nitrogens with zero attached hydrogens (tertiary/aromatic N) is 4. The molecule has 3 heterocycles. The molecular weight excluding hydrogens is 272 g/mol. The predicted octanol–water partition coefficient (Wildman–Crippen LogP) is 1.49. The van der Waals surface area contributed by atoms with Gasteiger partial charge in [0.1, 0.15) is 0 Å². The van der Waals surface area contributed by atoms with Crippen LogP contribution in [0.5, 0.6) is 5.88 Å². The molecule has 3 rings (SSSR count). The van der Waals surface area contributed by atoms with Gasteiger partial charge in [-0.1, -0.05) is 5.16 Å². The third-order valence-corrected chi connectivity index (χ3v) is 3.49. The van der Waals surface area contributed by atoms with Gasteiger partial charge in [0, 0.05) is 31.3 Å². The van der Waals surface area contributed by atoms with Crippen molar-refractivity contribution in [2.75, 3.05) is 19.7 Å². The minimum absolute atomic E-state index is 0.0310. The van der Waals surface area contributed by atoms with E-state index in [2.05, 4.69) is 15.1 Å². The number of rotatable bonds is 4. The molecule has 0 spiro atoms. The van der Waals surface area contributed by atoms with Crippen LogP contribution in [0.1, 0.15) is 35.4 Å². The van der Waals surface area contributed by atoms with Gasteiger partial charge in [-0.3, -0.25) is 4.79 Å². The first kappa shape index (κ1) is 13.5. The maximum Gasteiger partial charge on any atom is 0.255 e. The van der Waals surface area contributed by atoms with E-state index >= 15 is 0 Å². The summed E-state index contributed by atoms with van der Waals surface area (Å²) in [6, 6.07) is 3.45. The van der Waals surface area contributed by atoms with Gasteiger partial charge in [-0.25, -0.2) is 4.98 Å². The molecule has 1 fully saturated rings. The molecule has 21 heavy (non-hydrogen) atoms. The first-order chi connectivity index (χ1) is 10.3. The van der Waals surface area contributed by atoms with Gasteiger partial charge in [-0.2, -0.15) is 4.98 Å². The van der Waals surface area contributed by atoms with E-state index in [9.17, 15) is 4.79 Å². The van der Waals surface area contributed by atoms with E-state index in [-0.39, 0.29) is 11.8 Å². The van der Waals surface area contributed by atoms with Crippen molar-refractivity contribution in [1.82, 2.24) is 20.0 Å². The highest BCUT2D eigenvalue weighted by molar-refractivity contribution is 5.94. The van der Waals surface area contributed by atoms with Crippen LogP contribution < -0.4 is 4.74 Å². The van der Waals surface area contributed by atoms with Crippen molar-refractivity contribution >= 4 is 5.91 Å². The highest BCUT2D eigenvalue weighted by Gasteiger charge is 2.30. The van der Waals surface area contributed by atoms with E-state index in [0.29, 0.717) is 37.0 Å². The topological polar surface area (TPSA) is 81.4 Å². The molecule has 0 unspecified atom stereocenters. The van der Waals surface area contributed by atoms with Gasteiger partial charge in [0.25, 0.3) is 5.91 Å². The van der Waals surface area contributed by atoms with Crippen LogP contribution in [-0.4, -0.2) is 45.6 Å². The smallest absolute Gasteiger partial charge is 0.255 e. The van der Waals surface area contributed by atoms with Crippen LogP contribution in [0.15, 0.2) is 29.2 Å². The molecule has 1 amide bonds. The predicted molar refractivity (Wildman–Crippen MR) is 73.0 cm³/mol. The lowest BCUT2D eigenvalue weighted by Crippen LogP contribution is -2.28. The van der Waals surface area contributed by atoms with E-state index in [0.717, 1.165) is 6.42 Å². The van der Waals surface area contributed by atoms with E-state index in [1.165, 1.54) is 6.39 Å². The van der Waals surface area contributed by atoms with Crippen LogP contribution in [0.2, 0.25) is 0 Å². The van der Waals surface area contributed by atoms with Crippen LogP contribution in [0.3, 0.4) is 0 Å². The normalized spacial score (nSPS) is 18.0. The maximum atomic E-state index is 12.4. The van der Waals surface area contributed by atoms with Crippen LogP contribution in [0, 0.1) is 0 Å². The van der Waals surface area contributed by atoms with Crippen molar-refractivity contribution in [3.05, 3.63) is 36.1 Å². The fourth-order valence-electron chi connectivity index (χ4n) is 2.44. The molecule has 2 aromatic heterocycles. The van der Waals surface area contributed by atoms with Crippen LogP contribution in [-0.2, 0) is 0 Å². The summed E-state index contributed by atoms with van der Waals surface area (Å²) in [6.45, 7) is 3.73. The van der Waals surface area contributed by atoms with Crippen LogP contribution in [0.4, 0.5) is 0 Å². The highest BCUT2D eigenvalue weighted by atomic mass is 16.5. The standard InChI is InChI=1S/C14H16N4O3/c1-2-20-12-4-3-10(7-15-12)14(19)18-6-5-11(8-18)13-16-9-21-17-13/h3-4,7,9,11H,2,5-6,8H2,1H3/t11-/m1/s1. The molecule has 1 saturated heterocycles. The number of aromatic nitrogens is 3. The fraction of sp³-hybridized carbons (Fsp3) is 0.429. The van der Waals surface area contributed by atoms with Gasteiger partial charge in [0.2, 0.25) is 12.3 Å². The Morgan fingerprint density at radius 2 is 2.38 bits per heavy atom. The maximum absolute atomic E-state index is 12.4. The molecule has 1 atom stereocenters. The largest absolute Gasteiger partial charge is 0.478 e. The van der Waals surface area contributed by atoms with Crippen LogP contribution in [0.25, 0.3) is 0 Å². The zero-order valence-electron chi connectivity index (χ0n) is 11.7. The summed E-state index contributed by atoms with van der Waals surface area (Å²) in [6.07, 6.45) is 3.71. The van der Waals surface area contributed by atoms with Gasteiger partial charge in [-0.05, 0) is 19.4 Å². The van der Waals surface area contributed by atoms with Crippen LogP contribution >= 0.6 is 0 Å². The summed E-state index contributed by atoms with van der Waals surface area (Å²) in [5, 5.41) is 3.84. The molecule has 2 aromatic rings. The molecule has 0 radical (unpaired) electrons. The van der Waals surface area contributed by atoms with Gasteiger partial charge >= 0.3 is 0 Å². The SMILES string of the molecule is CCOc1ccc(C(=O)N2CC[C@@H](c3ncon3)C2)cn1. The second-order valence-corrected chi connectivity index (χ2v) is 4.84. The summed E-state index contributed by atoms with van der Waals surface area (Å²) in [7, 11) is 0. The van der Waals surface area contributed by atoms with Gasteiger partial charge in [-0.15, -0.1) is 0 Å². The molecule has 110 valence electrons. The van der Waals surface area contributed by atoms with Crippen molar-refractivity contribution in [2.24, 2.45) is 0 Å². The Labute approximate surface area is 121 Å². The Morgan fingerprint density at radius 1 is 1.48 bits per heavy atom. The highest BCUT2D eigenvalue weighted by Crippen LogP contribution is 2.25. The number of hydrogen-bond donors (Lipinski definition) is 0. The lowest BCUT2D eigenvalue weighted by Gasteiger charge is -2.15. The molecule has 1 aliphatic rings. The van der Waals surface area contributed by atoms with Crippen molar-refractivity contribution in [3.63, 3.8) is 0 Å². The Hall–Kier alpha value is -2.44. The second kappa shape index (κ2) is 5.90. The summed E-state index contributed by atoms with van der Waals surface area (Å²) in [4.78, 5) is 22.4. The van der Waals surface area contributed by atoms with Gasteiger partial charge in [0.15, 0.2) is 5.82 Å². The van der Waals surface area contributed by atoms with E-state index in [4.69, 9.17) is 9.26 Å². The molecule has 7 nitrogen and oxygen atoms in total. The summed E-state index contributed by atoms with van der Waals surface area (Å²) in [5.41, 5.74) is 0.562. The van der Waals surface area contributed by atoms with Crippen molar-refractivity contribution < 1.29 is 14.1 Å². The minimum Gasteiger partial charge on any atom is -0.478 e. The quantitative estimate of drug-likeness (QED) is 0.848. The molecule has 0 N–H and O–H groups in total. The molecule has 7 heteroatoms. The van der Waals surface area contributed by atoms with Gasteiger partial charge in [0.05, 0.1) is 12.2 Å². The second-order valence-electron chi connectivity index (χ2n) is 4.84. The number of ether oxygens (including phenoxy) is 1. The fourth-order valence-corrected chi connectivity index (χ4v) is 2.44. The van der Waals surface area contributed by atoms with Crippen molar-refractivity contribution in [1.29, 1.82) is 0 Å². The molecule has 0 bridgehead atoms. The monoisotopic (exact) mass is 288 g/mol. The molecule has 0 aliphatic carbocycles. The average molecular weight is 288 g/mol. The molecule has 1 aliphatic heterocycles. The number of likely N-dealkylation sites (tertiary alicyclic amines) is 1. The zero-order valence-corrected chi connectivity index (χ0v) is 11.7. The zero-order chi connectivity index (χ0) is 14.7. The lowest BCUT2D eigenvalue weighted by molar-refractivity contribution is 0.0790. The average Bonchev–Trinajstić information content (AvgIpc) is 3.19. The molecular formula is C14H16N4O3. The third-order valence-electron chi connectivity index (χ3n) is 3.49. The van der Waals surface area contributed by atoms with Crippen molar-refractivity contribution in [2.45, 2.75) is 19.3 Å². The van der Waals surface area contributed by atoms with E-state index in [1.807, 2.05) is 6.92 Å². The van der Waals surface area contributed by atoms with E-state index < -0.39 is 0 Å². The first-order valence-electron chi connectivity index (χ1n) is 6.92.